The van der Waals surface area contributed by atoms with Crippen LogP contribution in [0.4, 0.5) is 0 Å². The number of amides is 1. The molecule has 0 heterocycles. The molecule has 4 heteroatoms. The van der Waals surface area contributed by atoms with Gasteiger partial charge in [-0.3, -0.25) is 4.79 Å². The van der Waals surface area contributed by atoms with Crippen molar-refractivity contribution in [3.8, 4) is 0 Å². The Morgan fingerprint density at radius 1 is 1.58 bits per heavy atom. The van der Waals surface area contributed by atoms with Crippen LogP contribution in [-0.4, -0.2) is 37.3 Å². The summed E-state index contributed by atoms with van der Waals surface area (Å²) in [4.78, 5) is 10.1. The van der Waals surface area contributed by atoms with Crippen molar-refractivity contribution in [3.05, 3.63) is 0 Å². The van der Waals surface area contributed by atoms with Crippen molar-refractivity contribution in [2.45, 2.75) is 25.8 Å². The molecule has 0 aliphatic rings. The minimum atomic E-state index is 0.139. The summed E-state index contributed by atoms with van der Waals surface area (Å²) in [7, 11) is 0. The van der Waals surface area contributed by atoms with Gasteiger partial charge in [0.15, 0.2) is 0 Å². The van der Waals surface area contributed by atoms with Gasteiger partial charge in [0.25, 0.3) is 0 Å². The molecule has 0 aliphatic heterocycles. The van der Waals surface area contributed by atoms with E-state index in [0.717, 1.165) is 25.8 Å². The average Bonchev–Trinajstić information content (AvgIpc) is 2.06. The number of carbonyl (C=O) groups is 1. The number of rotatable bonds is 8. The molecular weight excluding hydrogens is 156 g/mol. The van der Waals surface area contributed by atoms with E-state index in [4.69, 9.17) is 5.11 Å². The van der Waals surface area contributed by atoms with Crippen molar-refractivity contribution in [1.29, 1.82) is 0 Å². The molecule has 4 nitrogen and oxygen atoms in total. The summed E-state index contributed by atoms with van der Waals surface area (Å²) in [5.41, 5.74) is 0. The van der Waals surface area contributed by atoms with Crippen molar-refractivity contribution < 1.29 is 9.90 Å². The lowest BCUT2D eigenvalue weighted by molar-refractivity contribution is -0.110. The molecule has 0 aromatic heterocycles. The van der Waals surface area contributed by atoms with Gasteiger partial charge in [-0.15, -0.1) is 0 Å². The fraction of sp³-hybridized carbons (Fsp3) is 0.875. The van der Waals surface area contributed by atoms with Crippen molar-refractivity contribution in [3.63, 3.8) is 0 Å². The van der Waals surface area contributed by atoms with E-state index < -0.39 is 0 Å². The Morgan fingerprint density at radius 3 is 2.83 bits per heavy atom. The predicted molar refractivity (Wildman–Crippen MR) is 47.9 cm³/mol. The molecule has 0 aliphatic carbocycles. The van der Waals surface area contributed by atoms with E-state index in [2.05, 4.69) is 17.6 Å². The second-order valence-corrected chi connectivity index (χ2v) is 2.70. The summed E-state index contributed by atoms with van der Waals surface area (Å²) >= 11 is 0. The maximum Gasteiger partial charge on any atom is 0.207 e. The van der Waals surface area contributed by atoms with Crippen LogP contribution in [0, 0.1) is 0 Å². The molecule has 0 aromatic carbocycles. The minimum Gasteiger partial charge on any atom is -0.395 e. The summed E-state index contributed by atoms with van der Waals surface area (Å²) in [6, 6.07) is 0.194. The van der Waals surface area contributed by atoms with Crippen LogP contribution >= 0.6 is 0 Å². The highest BCUT2D eigenvalue weighted by atomic mass is 16.3. The fourth-order valence-electron chi connectivity index (χ4n) is 1.04. The smallest absolute Gasteiger partial charge is 0.207 e. The molecule has 12 heavy (non-hydrogen) atoms. The summed E-state index contributed by atoms with van der Waals surface area (Å²) < 4.78 is 0. The maximum atomic E-state index is 10.1. The van der Waals surface area contributed by atoms with E-state index in [1.54, 1.807) is 0 Å². The highest BCUT2D eigenvalue weighted by Gasteiger charge is 2.03. The molecule has 0 rings (SSSR count). The van der Waals surface area contributed by atoms with Gasteiger partial charge in [-0.05, 0) is 6.42 Å². The third-order valence-corrected chi connectivity index (χ3v) is 1.62. The largest absolute Gasteiger partial charge is 0.395 e. The summed E-state index contributed by atoms with van der Waals surface area (Å²) in [6.07, 6.45) is 2.74. The molecule has 3 N–H and O–H groups in total. The average molecular weight is 174 g/mol. The van der Waals surface area contributed by atoms with Crippen LogP contribution in [0.5, 0.6) is 0 Å². The van der Waals surface area contributed by atoms with E-state index in [9.17, 15) is 4.79 Å². The number of nitrogens with one attached hydrogen (secondary N) is 2. The van der Waals surface area contributed by atoms with Gasteiger partial charge in [0.05, 0.1) is 6.61 Å². The van der Waals surface area contributed by atoms with Crippen LogP contribution in [0.25, 0.3) is 0 Å². The standard InChI is InChI=1S/C8H18N2O2/c1-2-3-8(10-7-12)6-9-4-5-11/h7-9,11H,2-6H2,1H3,(H,10,12). The monoisotopic (exact) mass is 174 g/mol. The van der Waals surface area contributed by atoms with Gasteiger partial charge in [-0.25, -0.2) is 0 Å². The summed E-state index contributed by atoms with van der Waals surface area (Å²) in [5.74, 6) is 0. The third kappa shape index (κ3) is 6.12. The van der Waals surface area contributed by atoms with Gasteiger partial charge in [0.1, 0.15) is 0 Å². The zero-order valence-corrected chi connectivity index (χ0v) is 7.55. The van der Waals surface area contributed by atoms with Gasteiger partial charge in [-0.1, -0.05) is 13.3 Å². The van der Waals surface area contributed by atoms with Gasteiger partial charge in [-0.2, -0.15) is 0 Å². The zero-order chi connectivity index (χ0) is 9.23. The molecule has 0 saturated carbocycles. The quantitative estimate of drug-likeness (QED) is 0.343. The summed E-state index contributed by atoms with van der Waals surface area (Å²) in [5, 5.41) is 14.2. The van der Waals surface area contributed by atoms with Crippen LogP contribution in [0.1, 0.15) is 19.8 Å². The SMILES string of the molecule is CCCC(CNCCO)NC=O. The second-order valence-electron chi connectivity index (χ2n) is 2.70. The number of carbonyl (C=O) groups excluding carboxylic acids is 1. The van der Waals surface area contributed by atoms with E-state index >= 15 is 0 Å². The number of hydrogen-bond donors (Lipinski definition) is 3. The maximum absolute atomic E-state index is 10.1. The zero-order valence-electron chi connectivity index (χ0n) is 7.55. The van der Waals surface area contributed by atoms with Crippen LogP contribution in [0.2, 0.25) is 0 Å². The normalized spacial score (nSPS) is 12.5. The van der Waals surface area contributed by atoms with Crippen molar-refractivity contribution in [2.75, 3.05) is 19.7 Å². The van der Waals surface area contributed by atoms with Crippen molar-refractivity contribution in [1.82, 2.24) is 10.6 Å². The van der Waals surface area contributed by atoms with E-state index in [1.165, 1.54) is 0 Å². The lowest BCUT2D eigenvalue weighted by Crippen LogP contribution is -2.38. The molecule has 72 valence electrons. The summed E-state index contributed by atoms with van der Waals surface area (Å²) in [6.45, 7) is 3.53. The Kier molecular flexibility index (Phi) is 8.05. The molecule has 0 saturated heterocycles. The number of hydrogen-bond acceptors (Lipinski definition) is 3. The highest BCUT2D eigenvalue weighted by molar-refractivity contribution is 5.46. The Labute approximate surface area is 73.3 Å². The number of aliphatic hydroxyl groups excluding tert-OH is 1. The first-order valence-electron chi connectivity index (χ1n) is 4.36. The van der Waals surface area contributed by atoms with E-state index in [1.807, 2.05) is 0 Å². The molecule has 0 radical (unpaired) electrons. The highest BCUT2D eigenvalue weighted by Crippen LogP contribution is 1.93. The van der Waals surface area contributed by atoms with Crippen LogP contribution in [-0.2, 0) is 4.79 Å². The molecule has 0 fully saturated rings. The fourth-order valence-corrected chi connectivity index (χ4v) is 1.04. The van der Waals surface area contributed by atoms with E-state index in [0.29, 0.717) is 6.54 Å². The van der Waals surface area contributed by atoms with Crippen LogP contribution in [0.15, 0.2) is 0 Å². The minimum absolute atomic E-state index is 0.139. The Hall–Kier alpha value is -0.610. The first kappa shape index (κ1) is 11.4. The molecule has 1 unspecified atom stereocenters. The van der Waals surface area contributed by atoms with Gasteiger partial charge in [0.2, 0.25) is 6.41 Å². The van der Waals surface area contributed by atoms with Crippen LogP contribution in [0.3, 0.4) is 0 Å². The topological polar surface area (TPSA) is 61.4 Å². The van der Waals surface area contributed by atoms with Gasteiger partial charge >= 0.3 is 0 Å². The van der Waals surface area contributed by atoms with Gasteiger partial charge < -0.3 is 15.7 Å². The Bertz CT molecular complexity index is 109. The van der Waals surface area contributed by atoms with Gasteiger partial charge in [0, 0.05) is 19.1 Å². The van der Waals surface area contributed by atoms with Crippen molar-refractivity contribution >= 4 is 6.41 Å². The first-order valence-corrected chi connectivity index (χ1v) is 4.36. The predicted octanol–water partition coefficient (Wildman–Crippen LogP) is -0.517. The molecule has 1 atom stereocenters. The second kappa shape index (κ2) is 8.49. The van der Waals surface area contributed by atoms with Crippen LogP contribution < -0.4 is 10.6 Å². The lowest BCUT2D eigenvalue weighted by Gasteiger charge is -2.15. The Balaban J connectivity index is 3.40. The van der Waals surface area contributed by atoms with Crippen molar-refractivity contribution in [2.24, 2.45) is 0 Å². The molecular formula is C8H18N2O2. The molecule has 0 aromatic rings. The van der Waals surface area contributed by atoms with E-state index in [-0.39, 0.29) is 12.6 Å². The molecule has 0 bridgehead atoms. The Morgan fingerprint density at radius 2 is 2.33 bits per heavy atom. The number of aliphatic hydroxyl groups is 1. The molecule has 1 amide bonds. The third-order valence-electron chi connectivity index (χ3n) is 1.62. The first-order chi connectivity index (χ1) is 5.85. The lowest BCUT2D eigenvalue weighted by atomic mass is 10.2. The molecule has 0 spiro atoms.